The number of carbonyl (C=O) groups excluding carboxylic acids is 1. The zero-order valence-electron chi connectivity index (χ0n) is 15.6. The number of fused-ring (bicyclic) bond motifs is 1. The molecule has 7 heteroatoms. The van der Waals surface area contributed by atoms with Crippen LogP contribution in [0.25, 0.3) is 10.8 Å². The summed E-state index contributed by atoms with van der Waals surface area (Å²) in [7, 11) is -3.94. The second-order valence-electron chi connectivity index (χ2n) is 7.27. The summed E-state index contributed by atoms with van der Waals surface area (Å²) in [5.41, 5.74) is 0.145. The van der Waals surface area contributed by atoms with Gasteiger partial charge in [0.1, 0.15) is 5.54 Å². The van der Waals surface area contributed by atoms with E-state index < -0.39 is 21.5 Å². The van der Waals surface area contributed by atoms with Gasteiger partial charge in [0.25, 0.3) is 5.91 Å². The Kier molecular flexibility index (Phi) is 6.05. The van der Waals surface area contributed by atoms with E-state index in [-0.39, 0.29) is 17.4 Å². The smallest absolute Gasteiger partial charge is 0.264 e. The van der Waals surface area contributed by atoms with Crippen LogP contribution in [0.2, 0.25) is 0 Å². The number of hydrogen-bond acceptors (Lipinski definition) is 4. The molecule has 2 aromatic carbocycles. The lowest BCUT2D eigenvalue weighted by molar-refractivity contribution is -0.137. The topological polar surface area (TPSA) is 86.7 Å². The van der Waals surface area contributed by atoms with Gasteiger partial charge in [-0.05, 0) is 49.1 Å². The lowest BCUT2D eigenvalue weighted by atomic mass is 10.0. The molecule has 0 aliphatic heterocycles. The molecule has 0 saturated carbocycles. The van der Waals surface area contributed by atoms with Crippen LogP contribution in [0.3, 0.4) is 0 Å². The first-order chi connectivity index (χ1) is 12.1. The summed E-state index contributed by atoms with van der Waals surface area (Å²) in [4.78, 5) is 12.3. The summed E-state index contributed by atoms with van der Waals surface area (Å²) in [5.74, 6) is -0.511. The van der Waals surface area contributed by atoms with Crippen LogP contribution >= 0.6 is 0 Å². The van der Waals surface area contributed by atoms with Gasteiger partial charge in [0.15, 0.2) is 0 Å². The number of hydrogen-bond donors (Lipinski definition) is 2. The zero-order chi connectivity index (χ0) is 19.5. The molecular weight excluding hydrogens is 352 g/mol. The molecule has 0 spiro atoms. The summed E-state index contributed by atoms with van der Waals surface area (Å²) >= 11 is 0. The molecule has 0 aliphatic rings. The van der Waals surface area contributed by atoms with E-state index in [4.69, 9.17) is 5.21 Å². The highest BCUT2D eigenvalue weighted by Crippen LogP contribution is 2.28. The van der Waals surface area contributed by atoms with Gasteiger partial charge >= 0.3 is 0 Å². The van der Waals surface area contributed by atoms with Gasteiger partial charge in [-0.15, -0.1) is 0 Å². The summed E-state index contributed by atoms with van der Waals surface area (Å²) in [6, 6.07) is 12.4. The first-order valence-electron chi connectivity index (χ1n) is 8.57. The predicted octanol–water partition coefficient (Wildman–Crippen LogP) is 3.16. The van der Waals surface area contributed by atoms with E-state index in [1.165, 1.54) is 13.8 Å². The van der Waals surface area contributed by atoms with Crippen molar-refractivity contribution in [1.82, 2.24) is 9.79 Å². The van der Waals surface area contributed by atoms with Gasteiger partial charge < -0.3 is 0 Å². The van der Waals surface area contributed by atoms with E-state index >= 15 is 0 Å². The quantitative estimate of drug-likeness (QED) is 0.572. The van der Waals surface area contributed by atoms with Crippen LogP contribution in [0.5, 0.6) is 0 Å². The molecule has 0 saturated heterocycles. The average Bonchev–Trinajstić information content (AvgIpc) is 2.59. The van der Waals surface area contributed by atoms with Crippen molar-refractivity contribution in [1.29, 1.82) is 0 Å². The highest BCUT2D eigenvalue weighted by Gasteiger charge is 2.42. The molecule has 0 atom stereocenters. The highest BCUT2D eigenvalue weighted by molar-refractivity contribution is 7.89. The lowest BCUT2D eigenvalue weighted by Crippen LogP contribution is -2.56. The third kappa shape index (κ3) is 4.06. The fraction of sp³-hybridized carbons (Fsp3) is 0.421. The lowest BCUT2D eigenvalue weighted by Gasteiger charge is -2.36. The normalized spacial score (nSPS) is 12.7. The Morgan fingerprint density at radius 1 is 1.15 bits per heavy atom. The van der Waals surface area contributed by atoms with Gasteiger partial charge in [-0.25, -0.2) is 13.9 Å². The van der Waals surface area contributed by atoms with E-state index in [1.807, 2.05) is 38.1 Å². The number of nitrogens with one attached hydrogen (secondary N) is 1. The Hall–Kier alpha value is -1.96. The first kappa shape index (κ1) is 20.4. The van der Waals surface area contributed by atoms with E-state index in [2.05, 4.69) is 0 Å². The largest absolute Gasteiger partial charge is 0.289 e. The van der Waals surface area contributed by atoms with Crippen molar-refractivity contribution in [2.24, 2.45) is 5.92 Å². The molecular formula is C19H26N2O4S. The van der Waals surface area contributed by atoms with Crippen molar-refractivity contribution in [2.45, 2.75) is 44.6 Å². The molecule has 2 aromatic rings. The molecule has 142 valence electrons. The SMILES string of the molecule is CC(C)CCN(C(C)(C)C(=O)NO)S(=O)(=O)c1ccc2ccccc2c1. The molecule has 0 unspecified atom stereocenters. The third-order valence-corrected chi connectivity index (χ3v) is 6.57. The number of nitrogens with zero attached hydrogens (tertiary/aromatic N) is 1. The van der Waals surface area contributed by atoms with Crippen molar-refractivity contribution in [3.63, 3.8) is 0 Å². The summed E-state index contributed by atoms with van der Waals surface area (Å²) < 4.78 is 27.8. The molecule has 1 amide bonds. The number of amides is 1. The maximum absolute atomic E-state index is 13.3. The minimum absolute atomic E-state index is 0.124. The van der Waals surface area contributed by atoms with Crippen LogP contribution in [0.15, 0.2) is 47.4 Å². The van der Waals surface area contributed by atoms with E-state index in [9.17, 15) is 13.2 Å². The Balaban J connectivity index is 2.54. The van der Waals surface area contributed by atoms with E-state index in [0.29, 0.717) is 6.42 Å². The number of sulfonamides is 1. The fourth-order valence-electron chi connectivity index (χ4n) is 2.78. The maximum Gasteiger partial charge on any atom is 0.264 e. The van der Waals surface area contributed by atoms with Crippen LogP contribution < -0.4 is 5.48 Å². The Labute approximate surface area is 154 Å². The van der Waals surface area contributed by atoms with Crippen molar-refractivity contribution in [3.8, 4) is 0 Å². The van der Waals surface area contributed by atoms with Crippen molar-refractivity contribution in [2.75, 3.05) is 6.54 Å². The summed E-state index contributed by atoms with van der Waals surface area (Å²) in [6.07, 6.45) is 0.592. The number of hydroxylamine groups is 1. The molecule has 26 heavy (non-hydrogen) atoms. The van der Waals surface area contributed by atoms with Crippen LogP contribution in [0, 0.1) is 5.92 Å². The molecule has 6 nitrogen and oxygen atoms in total. The standard InChI is InChI=1S/C19H26N2O4S/c1-14(2)11-12-21(19(3,4)18(22)20-23)26(24,25)17-10-9-15-7-5-6-8-16(15)13-17/h5-10,13-14,23H,11-12H2,1-4H3,(H,20,22). The van der Waals surface area contributed by atoms with Gasteiger partial charge in [-0.2, -0.15) is 4.31 Å². The second-order valence-corrected chi connectivity index (χ2v) is 9.13. The van der Waals surface area contributed by atoms with E-state index in [0.717, 1.165) is 15.1 Å². The van der Waals surface area contributed by atoms with Crippen molar-refractivity contribution >= 4 is 26.7 Å². The van der Waals surface area contributed by atoms with Crippen molar-refractivity contribution < 1.29 is 18.4 Å². The number of benzene rings is 2. The third-order valence-electron chi connectivity index (χ3n) is 4.50. The van der Waals surface area contributed by atoms with Crippen LogP contribution in [-0.4, -0.2) is 35.9 Å². The molecule has 0 aliphatic carbocycles. The van der Waals surface area contributed by atoms with Gasteiger partial charge in [0.2, 0.25) is 10.0 Å². The number of carbonyl (C=O) groups is 1. The van der Waals surface area contributed by atoms with Crippen LogP contribution in [0.4, 0.5) is 0 Å². The average molecular weight is 378 g/mol. The van der Waals surface area contributed by atoms with Crippen LogP contribution in [-0.2, 0) is 14.8 Å². The molecule has 0 aromatic heterocycles. The zero-order valence-corrected chi connectivity index (χ0v) is 16.4. The monoisotopic (exact) mass is 378 g/mol. The maximum atomic E-state index is 13.3. The van der Waals surface area contributed by atoms with E-state index in [1.54, 1.807) is 23.7 Å². The predicted molar refractivity (Wildman–Crippen MR) is 101 cm³/mol. The minimum Gasteiger partial charge on any atom is -0.289 e. The number of rotatable bonds is 7. The Morgan fingerprint density at radius 3 is 2.35 bits per heavy atom. The molecule has 0 fully saturated rings. The Morgan fingerprint density at radius 2 is 1.77 bits per heavy atom. The highest BCUT2D eigenvalue weighted by atomic mass is 32.2. The first-order valence-corrected chi connectivity index (χ1v) is 10.0. The molecule has 0 bridgehead atoms. The van der Waals surface area contributed by atoms with Gasteiger partial charge in [0.05, 0.1) is 4.90 Å². The molecule has 0 radical (unpaired) electrons. The molecule has 2 rings (SSSR count). The van der Waals surface area contributed by atoms with Gasteiger partial charge in [-0.1, -0.05) is 44.2 Å². The van der Waals surface area contributed by atoms with Gasteiger partial charge in [0, 0.05) is 6.54 Å². The second kappa shape index (κ2) is 7.73. The molecule has 2 N–H and O–H groups in total. The summed E-state index contributed by atoms with van der Waals surface area (Å²) in [5, 5.41) is 10.8. The summed E-state index contributed by atoms with van der Waals surface area (Å²) in [6.45, 7) is 7.11. The molecule has 0 heterocycles. The minimum atomic E-state index is -3.94. The van der Waals surface area contributed by atoms with Gasteiger partial charge in [-0.3, -0.25) is 10.0 Å². The van der Waals surface area contributed by atoms with Crippen molar-refractivity contribution in [3.05, 3.63) is 42.5 Å². The van der Waals surface area contributed by atoms with Crippen LogP contribution in [0.1, 0.15) is 34.1 Å². The Bertz CT molecular complexity index is 891. The fourth-order valence-corrected chi connectivity index (χ4v) is 4.58.